The molecule has 4 aromatic rings. The third kappa shape index (κ3) is 6.69. The molecular formula is C32H36N2O4. The van der Waals surface area contributed by atoms with E-state index >= 15 is 0 Å². The summed E-state index contributed by atoms with van der Waals surface area (Å²) in [6.07, 6.45) is -0.780. The van der Waals surface area contributed by atoms with Crippen LogP contribution in [-0.2, 0) is 23.1 Å². The van der Waals surface area contributed by atoms with E-state index in [1.165, 1.54) is 6.07 Å². The van der Waals surface area contributed by atoms with E-state index in [1.807, 2.05) is 69.3 Å². The molecule has 3 aromatic carbocycles. The minimum Gasteiger partial charge on any atom is -0.444 e. The first-order valence-electron chi connectivity index (χ1n) is 12.9. The summed E-state index contributed by atoms with van der Waals surface area (Å²) in [4.78, 5) is 26.8. The number of nitrogens with zero attached hydrogens (tertiary/aromatic N) is 2. The molecule has 0 spiro atoms. The van der Waals surface area contributed by atoms with Gasteiger partial charge in [0.1, 0.15) is 5.60 Å². The van der Waals surface area contributed by atoms with Gasteiger partial charge in [-0.25, -0.2) is 4.79 Å². The number of carbonyl (C=O) groups is 1. The third-order valence-corrected chi connectivity index (χ3v) is 6.57. The lowest BCUT2D eigenvalue weighted by Crippen LogP contribution is -2.38. The monoisotopic (exact) mass is 512 g/mol. The first-order chi connectivity index (χ1) is 18.1. The fourth-order valence-corrected chi connectivity index (χ4v) is 4.54. The van der Waals surface area contributed by atoms with Crippen molar-refractivity contribution < 1.29 is 14.3 Å². The molecule has 38 heavy (non-hydrogen) atoms. The summed E-state index contributed by atoms with van der Waals surface area (Å²) in [5.74, 6) is -0.208. The minimum atomic E-state index is -0.600. The molecule has 0 unspecified atom stereocenters. The number of hydrogen-bond acceptors (Lipinski definition) is 4. The van der Waals surface area contributed by atoms with Crippen molar-refractivity contribution in [2.45, 2.75) is 45.0 Å². The number of benzene rings is 3. The highest BCUT2D eigenvalue weighted by Gasteiger charge is 2.30. The maximum absolute atomic E-state index is 13.0. The van der Waals surface area contributed by atoms with E-state index in [-0.39, 0.29) is 24.2 Å². The summed E-state index contributed by atoms with van der Waals surface area (Å²) in [6.45, 7) is 6.20. The van der Waals surface area contributed by atoms with Crippen LogP contribution in [0.2, 0.25) is 0 Å². The second-order valence-corrected chi connectivity index (χ2v) is 10.6. The Morgan fingerprint density at radius 1 is 0.868 bits per heavy atom. The van der Waals surface area contributed by atoms with Crippen LogP contribution in [0.1, 0.15) is 49.6 Å². The summed E-state index contributed by atoms with van der Waals surface area (Å²) < 4.78 is 13.9. The molecule has 6 nitrogen and oxygen atoms in total. The highest BCUT2D eigenvalue weighted by atomic mass is 16.6. The van der Waals surface area contributed by atoms with Crippen molar-refractivity contribution in [3.8, 4) is 0 Å². The van der Waals surface area contributed by atoms with Gasteiger partial charge in [-0.15, -0.1) is 0 Å². The fourth-order valence-electron chi connectivity index (χ4n) is 4.54. The molecule has 0 bridgehead atoms. The standard InChI is InChI=1S/C32H36N2O4/c1-32(2,3)38-31(36)33(4)21-28(26-19-18-23-12-9-10-15-25(23)20-26)30(24-13-7-6-8-14-24)37-22-27-16-11-17-29(35)34(27)5/h6-20,28,30H,21-22H2,1-5H3/t28-,30+/m0/s1. The molecule has 0 aliphatic carbocycles. The maximum atomic E-state index is 13.0. The fraction of sp³-hybridized carbons (Fsp3) is 0.312. The normalized spacial score (nSPS) is 13.2. The maximum Gasteiger partial charge on any atom is 0.410 e. The zero-order valence-electron chi connectivity index (χ0n) is 22.8. The van der Waals surface area contributed by atoms with Crippen molar-refractivity contribution in [3.05, 3.63) is 118 Å². The Morgan fingerprint density at radius 2 is 1.55 bits per heavy atom. The lowest BCUT2D eigenvalue weighted by atomic mass is 9.87. The zero-order valence-corrected chi connectivity index (χ0v) is 22.8. The number of amides is 1. The smallest absolute Gasteiger partial charge is 0.410 e. The summed E-state index contributed by atoms with van der Waals surface area (Å²) in [5.41, 5.74) is 2.13. The highest BCUT2D eigenvalue weighted by molar-refractivity contribution is 5.83. The molecule has 0 N–H and O–H groups in total. The van der Waals surface area contributed by atoms with Crippen LogP contribution in [-0.4, -0.2) is 34.8 Å². The van der Waals surface area contributed by atoms with Gasteiger partial charge in [0.25, 0.3) is 5.56 Å². The second kappa shape index (κ2) is 11.7. The number of ether oxygens (including phenoxy) is 2. The second-order valence-electron chi connectivity index (χ2n) is 10.6. The average molecular weight is 513 g/mol. The van der Waals surface area contributed by atoms with Crippen LogP contribution >= 0.6 is 0 Å². The highest BCUT2D eigenvalue weighted by Crippen LogP contribution is 2.37. The minimum absolute atomic E-state index is 0.0851. The Hall–Kier alpha value is -3.90. The van der Waals surface area contributed by atoms with E-state index in [1.54, 1.807) is 29.6 Å². The van der Waals surface area contributed by atoms with Crippen molar-refractivity contribution in [1.29, 1.82) is 0 Å². The van der Waals surface area contributed by atoms with E-state index in [2.05, 4.69) is 30.3 Å². The molecular weight excluding hydrogens is 476 g/mol. The van der Waals surface area contributed by atoms with Gasteiger partial charge >= 0.3 is 6.09 Å². The van der Waals surface area contributed by atoms with E-state index in [0.717, 1.165) is 27.6 Å². The molecule has 6 heteroatoms. The number of hydrogen-bond donors (Lipinski definition) is 0. The Balaban J connectivity index is 1.75. The topological polar surface area (TPSA) is 60.8 Å². The third-order valence-electron chi connectivity index (χ3n) is 6.57. The molecule has 1 heterocycles. The van der Waals surface area contributed by atoms with Crippen molar-refractivity contribution in [3.63, 3.8) is 0 Å². The molecule has 1 aromatic heterocycles. The summed E-state index contributed by atoms with van der Waals surface area (Å²) in [7, 11) is 3.50. The van der Waals surface area contributed by atoms with Gasteiger partial charge < -0.3 is 18.9 Å². The quantitative estimate of drug-likeness (QED) is 0.272. The lowest BCUT2D eigenvalue weighted by Gasteiger charge is -2.33. The lowest BCUT2D eigenvalue weighted by molar-refractivity contribution is 0.00132. The predicted octanol–water partition coefficient (Wildman–Crippen LogP) is 6.45. The Labute approximate surface area is 224 Å². The summed E-state index contributed by atoms with van der Waals surface area (Å²) in [5, 5.41) is 2.26. The number of pyridine rings is 1. The summed E-state index contributed by atoms with van der Waals surface area (Å²) >= 11 is 0. The largest absolute Gasteiger partial charge is 0.444 e. The van der Waals surface area contributed by atoms with Gasteiger partial charge in [0.2, 0.25) is 0 Å². The molecule has 2 atom stereocenters. The van der Waals surface area contributed by atoms with Crippen LogP contribution < -0.4 is 5.56 Å². The Morgan fingerprint density at radius 3 is 2.26 bits per heavy atom. The number of carbonyl (C=O) groups excluding carboxylic acids is 1. The van der Waals surface area contributed by atoms with Crippen molar-refractivity contribution in [1.82, 2.24) is 9.47 Å². The van der Waals surface area contributed by atoms with Crippen LogP contribution in [0.25, 0.3) is 10.8 Å². The molecule has 0 aliphatic rings. The van der Waals surface area contributed by atoms with Gasteiger partial charge in [-0.1, -0.05) is 78.9 Å². The SMILES string of the molecule is CN(C[C@@H](c1ccc2ccccc2c1)[C@H](OCc1cccc(=O)n1C)c1ccccc1)C(=O)OC(C)(C)C. The average Bonchev–Trinajstić information content (AvgIpc) is 2.89. The van der Waals surface area contributed by atoms with Crippen LogP contribution in [0.4, 0.5) is 4.79 Å². The van der Waals surface area contributed by atoms with Gasteiger partial charge in [0, 0.05) is 38.3 Å². The van der Waals surface area contributed by atoms with Gasteiger partial charge in [0.05, 0.1) is 12.7 Å². The van der Waals surface area contributed by atoms with Crippen molar-refractivity contribution >= 4 is 16.9 Å². The molecule has 0 saturated carbocycles. The van der Waals surface area contributed by atoms with Crippen LogP contribution in [0, 0.1) is 0 Å². The van der Waals surface area contributed by atoms with Crippen LogP contribution in [0.15, 0.2) is 95.8 Å². The van der Waals surface area contributed by atoms with Gasteiger partial charge in [-0.3, -0.25) is 4.79 Å². The number of likely N-dealkylation sites (N-methyl/N-ethyl adjacent to an activating group) is 1. The Bertz CT molecular complexity index is 1440. The molecule has 0 saturated heterocycles. The van der Waals surface area contributed by atoms with E-state index in [9.17, 15) is 9.59 Å². The van der Waals surface area contributed by atoms with Gasteiger partial charge in [-0.2, -0.15) is 0 Å². The molecule has 1 amide bonds. The number of aromatic nitrogens is 1. The zero-order chi connectivity index (χ0) is 27.3. The molecule has 0 aliphatic heterocycles. The van der Waals surface area contributed by atoms with Gasteiger partial charge in [0.15, 0.2) is 0 Å². The van der Waals surface area contributed by atoms with Crippen molar-refractivity contribution in [2.75, 3.05) is 13.6 Å². The first kappa shape index (κ1) is 27.1. The first-order valence-corrected chi connectivity index (χ1v) is 12.9. The van der Waals surface area contributed by atoms with E-state index in [4.69, 9.17) is 9.47 Å². The predicted molar refractivity (Wildman–Crippen MR) is 151 cm³/mol. The molecule has 4 rings (SSSR count). The van der Waals surface area contributed by atoms with Crippen molar-refractivity contribution in [2.24, 2.45) is 7.05 Å². The van der Waals surface area contributed by atoms with Crippen LogP contribution in [0.3, 0.4) is 0 Å². The molecule has 0 radical (unpaired) electrons. The number of fused-ring (bicyclic) bond motifs is 1. The Kier molecular flexibility index (Phi) is 8.32. The molecule has 0 fully saturated rings. The van der Waals surface area contributed by atoms with Crippen LogP contribution in [0.5, 0.6) is 0 Å². The van der Waals surface area contributed by atoms with Gasteiger partial charge in [-0.05, 0) is 48.7 Å². The summed E-state index contributed by atoms with van der Waals surface area (Å²) in [6, 6.07) is 29.8. The van der Waals surface area contributed by atoms with E-state index in [0.29, 0.717) is 6.54 Å². The molecule has 198 valence electrons. The van der Waals surface area contributed by atoms with E-state index < -0.39 is 11.7 Å². The number of rotatable bonds is 8.